The van der Waals surface area contributed by atoms with E-state index in [-0.39, 0.29) is 0 Å². The van der Waals surface area contributed by atoms with E-state index < -0.39 is 0 Å². The summed E-state index contributed by atoms with van der Waals surface area (Å²) in [6.45, 7) is 10.6. The van der Waals surface area contributed by atoms with Crippen molar-refractivity contribution < 1.29 is 0 Å². The highest BCUT2D eigenvalue weighted by molar-refractivity contribution is 4.82. The molecular formula is C10H22. The van der Waals surface area contributed by atoms with Gasteiger partial charge in [-0.2, -0.15) is 0 Å². The third kappa shape index (κ3) is 10.7. The minimum atomic E-state index is 0.782. The monoisotopic (exact) mass is 142 g/mol. The molecule has 0 heteroatoms. The molecule has 0 aliphatic heterocycles. The minimum absolute atomic E-state index is 0.782. The second kappa shape index (κ2) is 11.5. The van der Waals surface area contributed by atoms with Gasteiger partial charge >= 0.3 is 0 Å². The van der Waals surface area contributed by atoms with Crippen LogP contribution in [0.15, 0.2) is 12.2 Å². The van der Waals surface area contributed by atoms with Crippen molar-refractivity contribution >= 4 is 0 Å². The first-order valence-electron chi connectivity index (χ1n) is 4.44. The molecule has 0 aliphatic rings. The van der Waals surface area contributed by atoms with E-state index in [9.17, 15) is 0 Å². The van der Waals surface area contributed by atoms with Gasteiger partial charge in [0.05, 0.1) is 0 Å². The molecule has 0 fully saturated rings. The van der Waals surface area contributed by atoms with Crippen molar-refractivity contribution in [2.45, 2.75) is 47.5 Å². The quantitative estimate of drug-likeness (QED) is 0.522. The molecule has 0 aromatic rings. The van der Waals surface area contributed by atoms with E-state index in [1.54, 1.807) is 0 Å². The highest BCUT2D eigenvalue weighted by atomic mass is 14.0. The van der Waals surface area contributed by atoms with E-state index in [0.717, 1.165) is 5.92 Å². The van der Waals surface area contributed by atoms with Gasteiger partial charge in [-0.3, -0.25) is 0 Å². The van der Waals surface area contributed by atoms with Crippen LogP contribution in [-0.4, -0.2) is 0 Å². The Morgan fingerprint density at radius 1 is 1.30 bits per heavy atom. The first-order valence-corrected chi connectivity index (χ1v) is 4.44. The third-order valence-corrected chi connectivity index (χ3v) is 1.26. The normalized spacial score (nSPS) is 12.5. The fourth-order valence-corrected chi connectivity index (χ4v) is 0.880. The van der Waals surface area contributed by atoms with E-state index in [2.05, 4.69) is 32.9 Å². The molecule has 0 saturated heterocycles. The molecule has 0 saturated carbocycles. The highest BCUT2D eigenvalue weighted by Crippen LogP contribution is 2.05. The average molecular weight is 142 g/mol. The maximum atomic E-state index is 2.25. The van der Waals surface area contributed by atoms with Crippen LogP contribution in [0.4, 0.5) is 0 Å². The Bertz CT molecular complexity index is 62.4. The lowest BCUT2D eigenvalue weighted by atomic mass is 10.1. The van der Waals surface area contributed by atoms with Gasteiger partial charge < -0.3 is 0 Å². The van der Waals surface area contributed by atoms with Crippen LogP contribution in [0.5, 0.6) is 0 Å². The summed E-state index contributed by atoms with van der Waals surface area (Å²) >= 11 is 0. The Balaban J connectivity index is 0. The summed E-state index contributed by atoms with van der Waals surface area (Å²) in [5, 5.41) is 0. The molecular weight excluding hydrogens is 120 g/mol. The fraction of sp³-hybridized carbons (Fsp3) is 0.800. The van der Waals surface area contributed by atoms with Crippen molar-refractivity contribution in [2.24, 2.45) is 5.92 Å². The smallest absolute Gasteiger partial charge is 0.0262 e. The lowest BCUT2D eigenvalue weighted by Crippen LogP contribution is -1.85. The molecule has 1 atom stereocenters. The zero-order valence-electron chi connectivity index (χ0n) is 8.15. The molecule has 62 valence electrons. The van der Waals surface area contributed by atoms with Gasteiger partial charge in [0, 0.05) is 0 Å². The van der Waals surface area contributed by atoms with Gasteiger partial charge in [0.1, 0.15) is 0 Å². The number of hydrogen-bond donors (Lipinski definition) is 0. The van der Waals surface area contributed by atoms with Gasteiger partial charge in [-0.05, 0) is 19.3 Å². The van der Waals surface area contributed by atoms with Gasteiger partial charge in [-0.15, -0.1) is 0 Å². The van der Waals surface area contributed by atoms with E-state index in [1.807, 2.05) is 13.8 Å². The van der Waals surface area contributed by atoms with Gasteiger partial charge in [-0.1, -0.05) is 46.3 Å². The predicted molar refractivity (Wildman–Crippen MR) is 50.2 cm³/mol. The topological polar surface area (TPSA) is 0 Å². The molecule has 0 N–H and O–H groups in total. The third-order valence-electron chi connectivity index (χ3n) is 1.26. The van der Waals surface area contributed by atoms with E-state index in [0.29, 0.717) is 0 Å². The molecule has 0 radical (unpaired) electrons. The summed E-state index contributed by atoms with van der Waals surface area (Å²) < 4.78 is 0. The van der Waals surface area contributed by atoms with Crippen LogP contribution >= 0.6 is 0 Å². The fourth-order valence-electron chi connectivity index (χ4n) is 0.880. The van der Waals surface area contributed by atoms with Gasteiger partial charge in [0.2, 0.25) is 0 Å². The number of hydrogen-bond acceptors (Lipinski definition) is 0. The van der Waals surface area contributed by atoms with Crippen LogP contribution in [0.3, 0.4) is 0 Å². The number of rotatable bonds is 3. The Labute approximate surface area is 66.3 Å². The van der Waals surface area contributed by atoms with Crippen LogP contribution in [0, 0.1) is 5.92 Å². The van der Waals surface area contributed by atoms with E-state index in [1.165, 1.54) is 12.8 Å². The van der Waals surface area contributed by atoms with Crippen LogP contribution in [0.25, 0.3) is 0 Å². The molecule has 0 aliphatic carbocycles. The Hall–Kier alpha value is -0.260. The molecule has 0 amide bonds. The van der Waals surface area contributed by atoms with E-state index in [4.69, 9.17) is 0 Å². The van der Waals surface area contributed by atoms with Crippen molar-refractivity contribution in [2.75, 3.05) is 0 Å². The lowest BCUT2D eigenvalue weighted by molar-refractivity contribution is 0.633. The lowest BCUT2D eigenvalue weighted by Gasteiger charge is -1.99. The van der Waals surface area contributed by atoms with Gasteiger partial charge in [0.25, 0.3) is 0 Å². The van der Waals surface area contributed by atoms with Crippen LogP contribution in [0.2, 0.25) is 0 Å². The van der Waals surface area contributed by atoms with Crippen molar-refractivity contribution in [3.8, 4) is 0 Å². The summed E-state index contributed by atoms with van der Waals surface area (Å²) in [4.78, 5) is 0. The van der Waals surface area contributed by atoms with Crippen molar-refractivity contribution in [1.29, 1.82) is 0 Å². The first-order chi connectivity index (χ1) is 4.81. The maximum absolute atomic E-state index is 2.25. The minimum Gasteiger partial charge on any atom is -0.0914 e. The SMILES string of the molecule is C/C=C\C(C)CCC.CC. The summed E-state index contributed by atoms with van der Waals surface area (Å²) in [5.41, 5.74) is 0. The van der Waals surface area contributed by atoms with Crippen LogP contribution < -0.4 is 0 Å². The molecule has 0 nitrogen and oxygen atoms in total. The first kappa shape index (κ1) is 12.4. The predicted octanol–water partition coefficient (Wildman–Crippen LogP) is 4.02. The molecule has 0 rings (SSSR count). The van der Waals surface area contributed by atoms with E-state index >= 15 is 0 Å². The van der Waals surface area contributed by atoms with Crippen LogP contribution in [-0.2, 0) is 0 Å². The molecule has 1 unspecified atom stereocenters. The molecule has 0 bridgehead atoms. The largest absolute Gasteiger partial charge is 0.0914 e. The second-order valence-corrected chi connectivity index (χ2v) is 2.29. The zero-order valence-corrected chi connectivity index (χ0v) is 8.15. The molecule has 0 spiro atoms. The Morgan fingerprint density at radius 3 is 2.10 bits per heavy atom. The summed E-state index contributed by atoms with van der Waals surface area (Å²) in [6.07, 6.45) is 7.00. The van der Waals surface area contributed by atoms with Crippen molar-refractivity contribution in [3.05, 3.63) is 12.2 Å². The number of allylic oxidation sites excluding steroid dienone is 2. The summed E-state index contributed by atoms with van der Waals surface area (Å²) in [7, 11) is 0. The highest BCUT2D eigenvalue weighted by Gasteiger charge is 1.90. The van der Waals surface area contributed by atoms with Crippen molar-refractivity contribution in [1.82, 2.24) is 0 Å². The summed E-state index contributed by atoms with van der Waals surface area (Å²) in [5.74, 6) is 0.782. The Kier molecular flexibility index (Phi) is 14.3. The summed E-state index contributed by atoms with van der Waals surface area (Å²) in [6, 6.07) is 0. The second-order valence-electron chi connectivity index (χ2n) is 2.29. The standard InChI is InChI=1S/C8H16.C2H6/c1-4-6-8(3)7-5-2;1-2/h4,6,8H,5,7H2,1-3H3;1-2H3/b6-4-;. The molecule has 0 heterocycles. The van der Waals surface area contributed by atoms with Crippen molar-refractivity contribution in [3.63, 3.8) is 0 Å². The molecule has 10 heavy (non-hydrogen) atoms. The van der Waals surface area contributed by atoms with Crippen LogP contribution in [0.1, 0.15) is 47.5 Å². The maximum Gasteiger partial charge on any atom is -0.0262 e. The molecule has 0 aromatic heterocycles. The zero-order chi connectivity index (χ0) is 8.41. The average Bonchev–Trinajstić information content (AvgIpc) is 1.93. The van der Waals surface area contributed by atoms with Gasteiger partial charge in [0.15, 0.2) is 0 Å². The Morgan fingerprint density at radius 2 is 1.80 bits per heavy atom. The molecule has 0 aromatic carbocycles. The van der Waals surface area contributed by atoms with Gasteiger partial charge in [-0.25, -0.2) is 0 Å².